The van der Waals surface area contributed by atoms with E-state index >= 15 is 0 Å². The van der Waals surface area contributed by atoms with Gasteiger partial charge in [-0.3, -0.25) is 14.2 Å². The highest BCUT2D eigenvalue weighted by Gasteiger charge is 2.17. The minimum absolute atomic E-state index is 0.249. The molecular formula is C22H17FN4O2S. The number of nitrogens with zero attached hydrogens (tertiary/aromatic N) is 3. The van der Waals surface area contributed by atoms with Crippen LogP contribution in [0.25, 0.3) is 21.3 Å². The zero-order chi connectivity index (χ0) is 21.1. The average molecular weight is 420 g/mol. The predicted molar refractivity (Wildman–Crippen MR) is 116 cm³/mol. The summed E-state index contributed by atoms with van der Waals surface area (Å²) in [6.45, 7) is 1.70. The third-order valence-corrected chi connectivity index (χ3v) is 5.54. The summed E-state index contributed by atoms with van der Waals surface area (Å²) in [6.07, 6.45) is 2.57. The summed E-state index contributed by atoms with van der Waals surface area (Å²) < 4.78 is 14.8. The van der Waals surface area contributed by atoms with Crippen molar-refractivity contribution in [1.29, 1.82) is 0 Å². The van der Waals surface area contributed by atoms with Crippen LogP contribution in [0.3, 0.4) is 0 Å². The van der Waals surface area contributed by atoms with Crippen LogP contribution in [-0.2, 0) is 11.3 Å². The first-order chi connectivity index (χ1) is 14.5. The van der Waals surface area contributed by atoms with Crippen LogP contribution in [0.1, 0.15) is 10.4 Å². The molecule has 150 valence electrons. The molecule has 4 aromatic rings. The van der Waals surface area contributed by atoms with Gasteiger partial charge in [0.05, 0.1) is 17.9 Å². The molecule has 0 unspecified atom stereocenters. The van der Waals surface area contributed by atoms with E-state index in [2.05, 4.69) is 15.5 Å². The standard InChI is InChI=1S/C22H17FN4O2S/c1-14-19(15-7-3-2-4-8-15)20-21(30-14)24-13-27(22(20)29)12-18(28)26-25-11-16-9-5-6-10-17(16)23/h2-11,13H,12H2,1H3,(H,26,28)/b25-11-. The van der Waals surface area contributed by atoms with Gasteiger partial charge in [-0.2, -0.15) is 5.10 Å². The summed E-state index contributed by atoms with van der Waals surface area (Å²) >= 11 is 1.44. The number of hydrazone groups is 1. The van der Waals surface area contributed by atoms with Gasteiger partial charge in [-0.05, 0) is 18.6 Å². The lowest BCUT2D eigenvalue weighted by Gasteiger charge is -2.06. The first-order valence-electron chi connectivity index (χ1n) is 9.15. The Hall–Kier alpha value is -3.65. The molecule has 0 bridgehead atoms. The van der Waals surface area contributed by atoms with Crippen LogP contribution < -0.4 is 11.0 Å². The van der Waals surface area contributed by atoms with Gasteiger partial charge in [0.25, 0.3) is 11.5 Å². The van der Waals surface area contributed by atoms with E-state index in [4.69, 9.17) is 0 Å². The van der Waals surface area contributed by atoms with Gasteiger partial charge in [0.1, 0.15) is 17.2 Å². The molecule has 2 aromatic carbocycles. The molecule has 30 heavy (non-hydrogen) atoms. The largest absolute Gasteiger partial charge is 0.289 e. The molecule has 6 nitrogen and oxygen atoms in total. The third kappa shape index (κ3) is 3.90. The Balaban J connectivity index is 1.59. The fourth-order valence-electron chi connectivity index (χ4n) is 3.15. The van der Waals surface area contributed by atoms with E-state index in [9.17, 15) is 14.0 Å². The smallest absolute Gasteiger partial charge is 0.263 e. The van der Waals surface area contributed by atoms with Crippen molar-refractivity contribution in [3.8, 4) is 11.1 Å². The maximum Gasteiger partial charge on any atom is 0.263 e. The summed E-state index contributed by atoms with van der Waals surface area (Å²) in [6, 6.07) is 15.7. The van der Waals surface area contributed by atoms with Crippen molar-refractivity contribution in [3.05, 3.63) is 87.5 Å². The highest BCUT2D eigenvalue weighted by molar-refractivity contribution is 7.19. The van der Waals surface area contributed by atoms with Crippen LogP contribution in [0.15, 0.2) is 70.8 Å². The van der Waals surface area contributed by atoms with Gasteiger partial charge in [0.15, 0.2) is 0 Å². The zero-order valence-corrected chi connectivity index (χ0v) is 16.8. The minimum Gasteiger partial charge on any atom is -0.289 e. The second-order valence-corrected chi connectivity index (χ2v) is 7.77. The van der Waals surface area contributed by atoms with E-state index in [-0.39, 0.29) is 17.7 Å². The summed E-state index contributed by atoms with van der Waals surface area (Å²) in [5.74, 6) is -0.957. The normalized spacial score (nSPS) is 11.3. The lowest BCUT2D eigenvalue weighted by molar-refractivity contribution is -0.121. The van der Waals surface area contributed by atoms with E-state index in [0.717, 1.165) is 16.0 Å². The predicted octanol–water partition coefficient (Wildman–Crippen LogP) is 3.72. The molecule has 1 amide bonds. The molecule has 0 aliphatic heterocycles. The fraction of sp³-hybridized carbons (Fsp3) is 0.0909. The third-order valence-electron chi connectivity index (χ3n) is 4.53. The number of aromatic nitrogens is 2. The van der Waals surface area contributed by atoms with Crippen LogP contribution in [0, 0.1) is 12.7 Å². The lowest BCUT2D eigenvalue weighted by atomic mass is 10.0. The monoisotopic (exact) mass is 420 g/mol. The molecule has 0 radical (unpaired) electrons. The van der Waals surface area contributed by atoms with Crippen LogP contribution >= 0.6 is 11.3 Å². The summed E-state index contributed by atoms with van der Waals surface area (Å²) in [4.78, 5) is 31.3. The van der Waals surface area contributed by atoms with Crippen molar-refractivity contribution >= 4 is 33.7 Å². The van der Waals surface area contributed by atoms with E-state index in [1.165, 1.54) is 40.6 Å². The molecule has 0 saturated carbocycles. The average Bonchev–Trinajstić information content (AvgIpc) is 3.09. The van der Waals surface area contributed by atoms with E-state index < -0.39 is 11.7 Å². The van der Waals surface area contributed by atoms with Crippen LogP contribution in [0.4, 0.5) is 4.39 Å². The zero-order valence-electron chi connectivity index (χ0n) is 16.0. The molecule has 0 spiro atoms. The molecule has 2 aromatic heterocycles. The van der Waals surface area contributed by atoms with Crippen molar-refractivity contribution in [1.82, 2.24) is 15.0 Å². The van der Waals surface area contributed by atoms with Crippen LogP contribution in [-0.4, -0.2) is 21.7 Å². The number of aryl methyl sites for hydroxylation is 1. The first-order valence-corrected chi connectivity index (χ1v) is 9.96. The summed E-state index contributed by atoms with van der Waals surface area (Å²) in [5.41, 5.74) is 4.03. The number of hydrogen-bond donors (Lipinski definition) is 1. The number of nitrogens with one attached hydrogen (secondary N) is 1. The molecule has 0 fully saturated rings. The molecule has 0 aliphatic carbocycles. The highest BCUT2D eigenvalue weighted by atomic mass is 32.1. The van der Waals surface area contributed by atoms with Crippen LogP contribution in [0.5, 0.6) is 0 Å². The molecule has 4 rings (SSSR count). The SMILES string of the molecule is Cc1sc2ncn(CC(=O)N/N=C\c3ccccc3F)c(=O)c2c1-c1ccccc1. The number of benzene rings is 2. The Morgan fingerprint density at radius 3 is 2.70 bits per heavy atom. The topological polar surface area (TPSA) is 76.3 Å². The Labute approximate surface area is 175 Å². The van der Waals surface area contributed by atoms with Crippen molar-refractivity contribution in [2.45, 2.75) is 13.5 Å². The Morgan fingerprint density at radius 1 is 1.20 bits per heavy atom. The van der Waals surface area contributed by atoms with Gasteiger partial charge in [-0.15, -0.1) is 11.3 Å². The molecule has 1 N–H and O–H groups in total. The van der Waals surface area contributed by atoms with E-state index in [1.807, 2.05) is 37.3 Å². The van der Waals surface area contributed by atoms with Gasteiger partial charge in [0, 0.05) is 16.0 Å². The molecule has 0 saturated heterocycles. The molecule has 8 heteroatoms. The number of amides is 1. The molecule has 0 atom stereocenters. The number of hydrogen-bond acceptors (Lipinski definition) is 5. The van der Waals surface area contributed by atoms with E-state index in [1.54, 1.807) is 12.1 Å². The van der Waals surface area contributed by atoms with Crippen LogP contribution in [0.2, 0.25) is 0 Å². The Kier molecular flexibility index (Phi) is 5.49. The molecular weight excluding hydrogens is 403 g/mol. The van der Waals surface area contributed by atoms with Crippen molar-refractivity contribution in [3.63, 3.8) is 0 Å². The fourth-order valence-corrected chi connectivity index (χ4v) is 4.15. The Bertz CT molecular complexity index is 1310. The van der Waals surface area contributed by atoms with Gasteiger partial charge < -0.3 is 0 Å². The second-order valence-electron chi connectivity index (χ2n) is 6.57. The van der Waals surface area contributed by atoms with Gasteiger partial charge in [-0.1, -0.05) is 48.5 Å². The Morgan fingerprint density at radius 2 is 1.93 bits per heavy atom. The number of fused-ring (bicyclic) bond motifs is 1. The second kappa shape index (κ2) is 8.38. The van der Waals surface area contributed by atoms with Gasteiger partial charge in [0.2, 0.25) is 0 Å². The first kappa shape index (κ1) is 19.7. The number of halogens is 1. The number of carbonyl (C=O) groups is 1. The van der Waals surface area contributed by atoms with Gasteiger partial charge >= 0.3 is 0 Å². The maximum absolute atomic E-state index is 13.6. The highest BCUT2D eigenvalue weighted by Crippen LogP contribution is 2.35. The maximum atomic E-state index is 13.6. The van der Waals surface area contributed by atoms with Gasteiger partial charge in [-0.25, -0.2) is 14.8 Å². The molecule has 0 aliphatic rings. The van der Waals surface area contributed by atoms with E-state index in [0.29, 0.717) is 10.2 Å². The van der Waals surface area contributed by atoms with Crippen molar-refractivity contribution in [2.24, 2.45) is 5.10 Å². The lowest BCUT2D eigenvalue weighted by Crippen LogP contribution is -2.30. The molecule has 2 heterocycles. The summed E-state index contributed by atoms with van der Waals surface area (Å²) in [5, 5.41) is 4.26. The van der Waals surface area contributed by atoms with Crippen molar-refractivity contribution < 1.29 is 9.18 Å². The number of rotatable bonds is 5. The number of thiophene rings is 1. The summed E-state index contributed by atoms with van der Waals surface area (Å²) in [7, 11) is 0. The number of carbonyl (C=O) groups excluding carboxylic acids is 1. The quantitative estimate of drug-likeness (QED) is 0.395. The van der Waals surface area contributed by atoms with Crippen molar-refractivity contribution in [2.75, 3.05) is 0 Å². The minimum atomic E-state index is -0.515.